The first-order valence-electron chi connectivity index (χ1n) is 8.14. The van der Waals surface area contributed by atoms with E-state index in [9.17, 15) is 9.59 Å². The lowest BCUT2D eigenvalue weighted by molar-refractivity contribution is 0.0957. The van der Waals surface area contributed by atoms with Crippen LogP contribution in [0.4, 0.5) is 0 Å². The Bertz CT molecular complexity index is 799. The van der Waals surface area contributed by atoms with Crippen LogP contribution >= 0.6 is 23.7 Å². The normalized spacial score (nSPS) is 13.9. The number of nitrogens with two attached hydrogens (primary N) is 1. The number of nitrogens with one attached hydrogen (secondary N) is 1. The van der Waals surface area contributed by atoms with E-state index in [2.05, 4.69) is 10.3 Å². The Labute approximate surface area is 150 Å². The molecule has 0 spiro atoms. The molecule has 0 fully saturated rings. The van der Waals surface area contributed by atoms with Crippen molar-refractivity contribution >= 4 is 39.9 Å². The van der Waals surface area contributed by atoms with Crippen LogP contribution in [0.5, 0.6) is 0 Å². The van der Waals surface area contributed by atoms with Gasteiger partial charge >= 0.3 is 0 Å². The molecule has 0 saturated carbocycles. The lowest BCUT2D eigenvalue weighted by atomic mass is 10.2. The van der Waals surface area contributed by atoms with Gasteiger partial charge in [-0.05, 0) is 38.3 Å². The zero-order valence-electron chi connectivity index (χ0n) is 13.8. The van der Waals surface area contributed by atoms with Gasteiger partial charge in [0.2, 0.25) is 0 Å². The van der Waals surface area contributed by atoms with Crippen molar-refractivity contribution in [1.29, 1.82) is 0 Å². The molecule has 0 unspecified atom stereocenters. The zero-order valence-corrected chi connectivity index (χ0v) is 15.4. The van der Waals surface area contributed by atoms with E-state index in [0.29, 0.717) is 28.2 Å². The van der Waals surface area contributed by atoms with Crippen molar-refractivity contribution in [3.05, 3.63) is 26.6 Å². The van der Waals surface area contributed by atoms with Crippen molar-refractivity contribution in [2.45, 2.75) is 45.6 Å². The minimum Gasteiger partial charge on any atom is -0.351 e. The second-order valence-corrected chi connectivity index (χ2v) is 6.93. The summed E-state index contributed by atoms with van der Waals surface area (Å²) in [6, 6.07) is 0. The number of nitrogens with zero attached hydrogens (tertiary/aromatic N) is 2. The minimum atomic E-state index is -0.140. The highest BCUT2D eigenvalue weighted by Gasteiger charge is 2.21. The maximum absolute atomic E-state index is 12.8. The third-order valence-corrected chi connectivity index (χ3v) is 5.47. The van der Waals surface area contributed by atoms with E-state index in [-0.39, 0.29) is 23.9 Å². The summed E-state index contributed by atoms with van der Waals surface area (Å²) in [7, 11) is 0. The summed E-state index contributed by atoms with van der Waals surface area (Å²) >= 11 is 1.32. The number of hydrogen-bond acceptors (Lipinski definition) is 5. The molecule has 6 nitrogen and oxygen atoms in total. The number of fused-ring (bicyclic) bond motifs is 2. The molecule has 3 rings (SSSR count). The molecule has 3 heterocycles. The molecule has 8 heteroatoms. The van der Waals surface area contributed by atoms with E-state index in [0.717, 1.165) is 50.0 Å². The second-order valence-electron chi connectivity index (χ2n) is 5.93. The molecule has 3 N–H and O–H groups in total. The highest BCUT2D eigenvalue weighted by molar-refractivity contribution is 7.20. The third kappa shape index (κ3) is 3.48. The average Bonchev–Trinajstić information content (AvgIpc) is 2.71. The van der Waals surface area contributed by atoms with Crippen molar-refractivity contribution in [3.8, 4) is 0 Å². The van der Waals surface area contributed by atoms with Crippen molar-refractivity contribution in [2.75, 3.05) is 13.1 Å². The van der Waals surface area contributed by atoms with Gasteiger partial charge in [0.15, 0.2) is 0 Å². The Morgan fingerprint density at radius 1 is 1.38 bits per heavy atom. The fourth-order valence-corrected chi connectivity index (χ4v) is 4.12. The fourth-order valence-electron chi connectivity index (χ4n) is 3.01. The van der Waals surface area contributed by atoms with Crippen molar-refractivity contribution in [2.24, 2.45) is 5.73 Å². The summed E-state index contributed by atoms with van der Waals surface area (Å²) in [4.78, 5) is 31.1. The second kappa shape index (κ2) is 8.09. The van der Waals surface area contributed by atoms with Gasteiger partial charge in [-0.2, -0.15) is 0 Å². The number of hydrogen-bond donors (Lipinski definition) is 2. The number of carbonyl (C=O) groups excluding carboxylic acids is 1. The molecule has 0 atom stereocenters. The summed E-state index contributed by atoms with van der Waals surface area (Å²) in [6.07, 6.45) is 4.78. The number of aromatic nitrogens is 2. The number of aryl methyl sites for hydroxylation is 2. The van der Waals surface area contributed by atoms with E-state index in [1.807, 2.05) is 6.92 Å². The number of amides is 1. The van der Waals surface area contributed by atoms with Crippen molar-refractivity contribution in [3.63, 3.8) is 0 Å². The van der Waals surface area contributed by atoms with Gasteiger partial charge in [-0.15, -0.1) is 23.7 Å². The predicted molar refractivity (Wildman–Crippen MR) is 99.4 cm³/mol. The van der Waals surface area contributed by atoms with Gasteiger partial charge < -0.3 is 11.1 Å². The average molecular weight is 371 g/mol. The van der Waals surface area contributed by atoms with Crippen LogP contribution in [0.15, 0.2) is 4.79 Å². The quantitative estimate of drug-likeness (QED) is 0.805. The van der Waals surface area contributed by atoms with Gasteiger partial charge in [0.25, 0.3) is 11.5 Å². The minimum absolute atomic E-state index is 0. The Hall–Kier alpha value is -1.44. The monoisotopic (exact) mass is 370 g/mol. The predicted octanol–water partition coefficient (Wildman–Crippen LogP) is 1.99. The van der Waals surface area contributed by atoms with Crippen LogP contribution in [0.3, 0.4) is 0 Å². The Morgan fingerprint density at radius 2 is 2.17 bits per heavy atom. The maximum atomic E-state index is 12.8. The molecule has 1 amide bonds. The lowest BCUT2D eigenvalue weighted by Crippen LogP contribution is -2.26. The van der Waals surface area contributed by atoms with Gasteiger partial charge in [-0.25, -0.2) is 4.98 Å². The molecular weight excluding hydrogens is 348 g/mol. The Kier molecular flexibility index (Phi) is 6.37. The summed E-state index contributed by atoms with van der Waals surface area (Å²) in [6.45, 7) is 3.65. The van der Waals surface area contributed by atoms with E-state index in [1.54, 1.807) is 4.57 Å². The molecule has 0 bridgehead atoms. The summed E-state index contributed by atoms with van der Waals surface area (Å²) < 4.78 is 1.80. The number of thiophene rings is 1. The number of halogens is 1. The third-order valence-electron chi connectivity index (χ3n) is 4.28. The molecular formula is C16H23ClN4O2S. The van der Waals surface area contributed by atoms with Crippen LogP contribution < -0.4 is 16.6 Å². The van der Waals surface area contributed by atoms with Crippen molar-refractivity contribution < 1.29 is 4.79 Å². The van der Waals surface area contributed by atoms with Crippen molar-refractivity contribution in [1.82, 2.24) is 14.9 Å². The smallest absolute Gasteiger partial charge is 0.262 e. The van der Waals surface area contributed by atoms with Crippen LogP contribution in [0, 0.1) is 6.92 Å². The zero-order chi connectivity index (χ0) is 16.4. The SMILES string of the molecule is Cc1c(C(=O)NCCCN)sc2nc3n(c(=O)c12)CCCCC3.Cl. The van der Waals surface area contributed by atoms with Gasteiger partial charge in [0.05, 0.1) is 10.3 Å². The molecule has 132 valence electrons. The summed E-state index contributed by atoms with van der Waals surface area (Å²) in [5, 5.41) is 3.46. The number of carbonyl (C=O) groups is 1. The van der Waals surface area contributed by atoms with Crippen LogP contribution in [-0.2, 0) is 13.0 Å². The summed E-state index contributed by atoms with van der Waals surface area (Å²) in [5.41, 5.74) is 6.19. The van der Waals surface area contributed by atoms with E-state index in [4.69, 9.17) is 5.73 Å². The Balaban J connectivity index is 0.00000208. The first-order chi connectivity index (χ1) is 11.1. The topological polar surface area (TPSA) is 90.0 Å². The van der Waals surface area contributed by atoms with Crippen LogP contribution in [0.2, 0.25) is 0 Å². The highest BCUT2D eigenvalue weighted by atomic mass is 35.5. The van der Waals surface area contributed by atoms with Crippen LogP contribution in [-0.4, -0.2) is 28.5 Å². The van der Waals surface area contributed by atoms with E-state index >= 15 is 0 Å². The van der Waals surface area contributed by atoms with Gasteiger partial charge in [-0.3, -0.25) is 14.2 Å². The highest BCUT2D eigenvalue weighted by Crippen LogP contribution is 2.28. The van der Waals surface area contributed by atoms with Gasteiger partial charge in [0.1, 0.15) is 10.7 Å². The molecule has 0 aliphatic carbocycles. The molecule has 2 aromatic rings. The fraction of sp³-hybridized carbons (Fsp3) is 0.562. The lowest BCUT2D eigenvalue weighted by Gasteiger charge is -2.08. The first-order valence-corrected chi connectivity index (χ1v) is 8.96. The Morgan fingerprint density at radius 3 is 2.92 bits per heavy atom. The standard InChI is InChI=1S/C16H22N4O2S.ClH/c1-10-12-15(23-13(10)14(21)18-8-5-7-17)19-11-6-3-2-4-9-20(11)16(12)22;/h2-9,17H2,1H3,(H,18,21);1H. The van der Waals surface area contributed by atoms with Crippen LogP contribution in [0.1, 0.15) is 46.7 Å². The molecule has 24 heavy (non-hydrogen) atoms. The molecule has 2 aromatic heterocycles. The molecule has 1 aliphatic rings. The van der Waals surface area contributed by atoms with Gasteiger partial charge in [0, 0.05) is 19.5 Å². The molecule has 0 saturated heterocycles. The number of rotatable bonds is 4. The van der Waals surface area contributed by atoms with Crippen LogP contribution in [0.25, 0.3) is 10.2 Å². The molecule has 1 aliphatic heterocycles. The van der Waals surface area contributed by atoms with E-state index < -0.39 is 0 Å². The van der Waals surface area contributed by atoms with Gasteiger partial charge in [-0.1, -0.05) is 6.42 Å². The molecule has 0 radical (unpaired) electrons. The largest absolute Gasteiger partial charge is 0.351 e. The summed E-state index contributed by atoms with van der Waals surface area (Å²) in [5.74, 6) is 0.717. The first kappa shape index (κ1) is 18.9. The maximum Gasteiger partial charge on any atom is 0.262 e. The molecule has 0 aromatic carbocycles. The van der Waals surface area contributed by atoms with E-state index in [1.165, 1.54) is 11.3 Å².